The van der Waals surface area contributed by atoms with E-state index in [0.29, 0.717) is 50.3 Å². The number of aryl methyl sites for hydroxylation is 1. The van der Waals surface area contributed by atoms with Crippen molar-refractivity contribution in [2.45, 2.75) is 56.8 Å². The number of nitrogens with zero attached hydrogens (tertiary/aromatic N) is 7. The van der Waals surface area contributed by atoms with Crippen molar-refractivity contribution in [3.05, 3.63) is 118 Å². The lowest BCUT2D eigenvalue weighted by Crippen LogP contribution is -2.55. The molecule has 2 amide bonds. The van der Waals surface area contributed by atoms with Gasteiger partial charge in [-0.1, -0.05) is 54.6 Å². The molecule has 2 atom stereocenters. The fourth-order valence-corrected chi connectivity index (χ4v) is 7.66. The van der Waals surface area contributed by atoms with E-state index in [1.54, 1.807) is 23.9 Å². The minimum absolute atomic E-state index is 0.0167. The van der Waals surface area contributed by atoms with Crippen LogP contribution in [0.4, 0.5) is 22.7 Å². The van der Waals surface area contributed by atoms with Crippen LogP contribution >= 0.6 is 0 Å². The lowest BCUT2D eigenvalue weighted by Gasteiger charge is -2.39. The summed E-state index contributed by atoms with van der Waals surface area (Å²) in [5.41, 5.74) is 0.907. The quantitative estimate of drug-likeness (QED) is 0.112. The highest BCUT2D eigenvalue weighted by Gasteiger charge is 2.54. The number of piperidine rings is 1. The van der Waals surface area contributed by atoms with Gasteiger partial charge < -0.3 is 25.3 Å². The molecule has 3 aliphatic heterocycles. The van der Waals surface area contributed by atoms with Crippen LogP contribution in [0.2, 0.25) is 0 Å². The number of aliphatic hydroxyl groups is 2. The van der Waals surface area contributed by atoms with Crippen LogP contribution in [0.15, 0.2) is 91.1 Å². The van der Waals surface area contributed by atoms with E-state index in [1.807, 2.05) is 65.6 Å². The van der Waals surface area contributed by atoms with E-state index in [2.05, 4.69) is 20.5 Å². The molecule has 14 nitrogen and oxygen atoms in total. The molecule has 3 N–H and O–H groups in total. The Kier molecular flexibility index (Phi) is 9.62. The van der Waals surface area contributed by atoms with Gasteiger partial charge in [0.1, 0.15) is 5.54 Å². The van der Waals surface area contributed by atoms with Gasteiger partial charge in [0.2, 0.25) is 0 Å². The van der Waals surface area contributed by atoms with Crippen LogP contribution in [-0.2, 0) is 34.7 Å². The Morgan fingerprint density at radius 3 is 2.48 bits per heavy atom. The van der Waals surface area contributed by atoms with Gasteiger partial charge in [0.25, 0.3) is 17.5 Å². The largest absolute Gasteiger partial charge is 0.396 e. The average molecular weight is 707 g/mol. The highest BCUT2D eigenvalue weighted by Crippen LogP contribution is 2.47. The number of hydrogen-bond acceptors (Lipinski definition) is 10. The summed E-state index contributed by atoms with van der Waals surface area (Å²) in [5.74, 6) is -1.23. The number of para-hydroxylation sites is 1. The maximum absolute atomic E-state index is 14.2. The molecule has 0 aliphatic carbocycles. The van der Waals surface area contributed by atoms with E-state index in [1.165, 1.54) is 23.1 Å². The SMILES string of the molecule is C[C@@H](/C=C/CCn1cc(CCO)nn1)[C@]1(O)C(=O)N(Cc2ccc(N3CN(c4ccccc4)C4(CCNCC4)C3=O)cc2)c2ccc([N+](=O)[O-])cc21. The van der Waals surface area contributed by atoms with Gasteiger partial charge >= 0.3 is 0 Å². The predicted octanol–water partition coefficient (Wildman–Crippen LogP) is 3.67. The Morgan fingerprint density at radius 1 is 1.02 bits per heavy atom. The molecule has 52 heavy (non-hydrogen) atoms. The third kappa shape index (κ3) is 6.22. The molecule has 0 radical (unpaired) electrons. The number of anilines is 3. The molecule has 270 valence electrons. The number of non-ortho nitro benzene ring substituents is 1. The zero-order chi connectivity index (χ0) is 36.5. The summed E-state index contributed by atoms with van der Waals surface area (Å²) in [5, 5.41) is 44.4. The van der Waals surface area contributed by atoms with E-state index in [9.17, 15) is 24.8 Å². The second-order valence-corrected chi connectivity index (χ2v) is 13.7. The van der Waals surface area contributed by atoms with E-state index in [0.717, 1.165) is 30.0 Å². The first kappa shape index (κ1) is 35.0. The number of aromatic nitrogens is 3. The molecule has 1 spiro atoms. The van der Waals surface area contributed by atoms with E-state index < -0.39 is 27.9 Å². The molecular formula is C38H42N8O6. The smallest absolute Gasteiger partial charge is 0.269 e. The Labute approximate surface area is 301 Å². The zero-order valence-electron chi connectivity index (χ0n) is 29.0. The maximum atomic E-state index is 14.2. The van der Waals surface area contributed by atoms with Gasteiger partial charge in [-0.05, 0) is 68.2 Å². The Morgan fingerprint density at radius 2 is 1.77 bits per heavy atom. The molecule has 7 rings (SSSR count). The van der Waals surface area contributed by atoms with Crippen LogP contribution in [0.5, 0.6) is 0 Å². The lowest BCUT2D eigenvalue weighted by atomic mass is 9.82. The summed E-state index contributed by atoms with van der Waals surface area (Å²) in [6.07, 6.45) is 7.70. The summed E-state index contributed by atoms with van der Waals surface area (Å²) in [4.78, 5) is 45.0. The van der Waals surface area contributed by atoms with Crippen molar-refractivity contribution in [1.82, 2.24) is 20.3 Å². The standard InChI is InChI=1S/C38H42N8O6/c1-27(7-5-6-21-42-25-29(16-22-47)40-41-42)38(50)33-23-32(46(51)52)14-15-34(33)43(36(38)49)24-28-10-12-30(13-11-28)44-26-45(31-8-3-2-4-9-31)37(35(44)48)17-19-39-20-18-37/h2-5,7-15,23,25,27,39,47,50H,6,16-22,24,26H2,1H3/b7-5+/t27-,38+/m0/s1. The number of benzene rings is 3. The van der Waals surface area contributed by atoms with Crippen molar-refractivity contribution in [1.29, 1.82) is 0 Å². The topological polar surface area (TPSA) is 170 Å². The first-order chi connectivity index (χ1) is 25.2. The van der Waals surface area contributed by atoms with Crippen LogP contribution in [-0.4, -0.2) is 73.8 Å². The van der Waals surface area contributed by atoms with Crippen molar-refractivity contribution in [2.75, 3.05) is 41.1 Å². The molecule has 4 aromatic rings. The molecule has 2 fully saturated rings. The molecule has 2 saturated heterocycles. The molecule has 4 heterocycles. The van der Waals surface area contributed by atoms with Crippen LogP contribution in [0.25, 0.3) is 0 Å². The number of aliphatic hydroxyl groups excluding tert-OH is 1. The molecule has 0 saturated carbocycles. The number of fused-ring (bicyclic) bond motifs is 1. The summed E-state index contributed by atoms with van der Waals surface area (Å²) in [6.45, 7) is 4.25. The number of hydrogen-bond donors (Lipinski definition) is 3. The lowest BCUT2D eigenvalue weighted by molar-refractivity contribution is -0.385. The first-order valence-electron chi connectivity index (χ1n) is 17.6. The first-order valence-corrected chi connectivity index (χ1v) is 17.6. The Hall–Kier alpha value is -5.44. The number of nitro groups is 1. The van der Waals surface area contributed by atoms with E-state index >= 15 is 0 Å². The van der Waals surface area contributed by atoms with Crippen molar-refractivity contribution >= 4 is 34.6 Å². The van der Waals surface area contributed by atoms with Crippen molar-refractivity contribution < 1.29 is 24.7 Å². The fourth-order valence-electron chi connectivity index (χ4n) is 7.66. The van der Waals surface area contributed by atoms with Crippen LogP contribution < -0.4 is 20.0 Å². The van der Waals surface area contributed by atoms with Crippen LogP contribution in [0.1, 0.15) is 43.0 Å². The third-order valence-corrected chi connectivity index (χ3v) is 10.6. The number of allylic oxidation sites excluding steroid dienone is 1. The number of nitro benzene ring substituents is 1. The van der Waals surface area contributed by atoms with Crippen LogP contribution in [0, 0.1) is 16.0 Å². The zero-order valence-corrected chi connectivity index (χ0v) is 29.0. The fraction of sp³-hybridized carbons (Fsp3) is 0.368. The highest BCUT2D eigenvalue weighted by molar-refractivity contribution is 6.08. The summed E-state index contributed by atoms with van der Waals surface area (Å²) in [7, 11) is 0. The Bertz CT molecular complexity index is 1980. The van der Waals surface area contributed by atoms with Gasteiger partial charge in [-0.2, -0.15) is 0 Å². The third-order valence-electron chi connectivity index (χ3n) is 10.6. The van der Waals surface area contributed by atoms with E-state index in [-0.39, 0.29) is 30.3 Å². The minimum atomic E-state index is -2.04. The van der Waals surface area contributed by atoms with Crippen molar-refractivity contribution in [3.8, 4) is 0 Å². The number of nitrogens with one attached hydrogen (secondary N) is 1. The molecule has 3 aliphatic rings. The molecule has 3 aromatic carbocycles. The van der Waals surface area contributed by atoms with Crippen molar-refractivity contribution in [2.24, 2.45) is 5.92 Å². The number of amides is 2. The maximum Gasteiger partial charge on any atom is 0.269 e. The molecule has 1 aromatic heterocycles. The Balaban J connectivity index is 1.10. The second-order valence-electron chi connectivity index (χ2n) is 13.7. The van der Waals surface area contributed by atoms with Crippen molar-refractivity contribution in [3.63, 3.8) is 0 Å². The average Bonchev–Trinajstić information content (AvgIpc) is 3.79. The number of carbonyl (C=O) groups is 2. The molecule has 0 bridgehead atoms. The minimum Gasteiger partial charge on any atom is -0.396 e. The van der Waals surface area contributed by atoms with Gasteiger partial charge in [0, 0.05) is 60.8 Å². The molecular weight excluding hydrogens is 664 g/mol. The monoisotopic (exact) mass is 706 g/mol. The summed E-state index contributed by atoms with van der Waals surface area (Å²) in [6, 6.07) is 21.7. The second kappa shape index (κ2) is 14.3. The normalized spacial score (nSPS) is 20.3. The summed E-state index contributed by atoms with van der Waals surface area (Å²) < 4.78 is 1.66. The van der Waals surface area contributed by atoms with Gasteiger partial charge in [-0.15, -0.1) is 5.10 Å². The van der Waals surface area contributed by atoms with Gasteiger partial charge in [-0.25, -0.2) is 0 Å². The highest BCUT2D eigenvalue weighted by atomic mass is 16.6. The molecule has 0 unspecified atom stereocenters. The number of carbonyl (C=O) groups excluding carboxylic acids is 2. The predicted molar refractivity (Wildman–Crippen MR) is 194 cm³/mol. The van der Waals surface area contributed by atoms with Crippen LogP contribution in [0.3, 0.4) is 0 Å². The van der Waals surface area contributed by atoms with Gasteiger partial charge in [0.05, 0.1) is 29.5 Å². The van der Waals surface area contributed by atoms with E-state index in [4.69, 9.17) is 5.11 Å². The van der Waals surface area contributed by atoms with Gasteiger partial charge in [0.15, 0.2) is 5.60 Å². The molecule has 14 heteroatoms. The van der Waals surface area contributed by atoms with Gasteiger partial charge in [-0.3, -0.25) is 29.3 Å². The summed E-state index contributed by atoms with van der Waals surface area (Å²) >= 11 is 0. The number of rotatable bonds is 12.